The molecule has 0 saturated heterocycles. The van der Waals surface area contributed by atoms with Gasteiger partial charge in [0.1, 0.15) is 12.4 Å². The van der Waals surface area contributed by atoms with Crippen molar-refractivity contribution in [1.82, 2.24) is 4.31 Å². The fourth-order valence-electron chi connectivity index (χ4n) is 3.02. The summed E-state index contributed by atoms with van der Waals surface area (Å²) in [5.41, 5.74) is 0.389. The van der Waals surface area contributed by atoms with E-state index in [1.807, 2.05) is 0 Å². The summed E-state index contributed by atoms with van der Waals surface area (Å²) >= 11 is 6.06. The van der Waals surface area contributed by atoms with Gasteiger partial charge in [0, 0.05) is 30.2 Å². The lowest BCUT2D eigenvalue weighted by molar-refractivity contribution is -0.114. The second-order valence-electron chi connectivity index (χ2n) is 7.18. The van der Waals surface area contributed by atoms with Gasteiger partial charge in [-0.1, -0.05) is 54.1 Å². The molecule has 0 radical (unpaired) electrons. The molecule has 3 aromatic carbocycles. The number of anilines is 2. The average Bonchev–Trinajstić information content (AvgIpc) is 2.79. The van der Waals surface area contributed by atoms with Gasteiger partial charge < -0.3 is 5.32 Å². The van der Waals surface area contributed by atoms with Gasteiger partial charge in [0.15, 0.2) is 5.78 Å². The summed E-state index contributed by atoms with van der Waals surface area (Å²) < 4.78 is 41.5. The Morgan fingerprint density at radius 3 is 2.24 bits per heavy atom. The SMILES string of the molecule is CN(C)S(=O)(=O)N(CC(=O)Nc1ccc(Cl)cc1C(=O)c1ccccc1)c1ccccc1F. The largest absolute Gasteiger partial charge is 0.324 e. The lowest BCUT2D eigenvalue weighted by Crippen LogP contribution is -2.44. The molecule has 0 unspecified atom stereocenters. The van der Waals surface area contributed by atoms with Crippen LogP contribution in [0.1, 0.15) is 15.9 Å². The van der Waals surface area contributed by atoms with Crippen LogP contribution in [0.25, 0.3) is 0 Å². The highest BCUT2D eigenvalue weighted by molar-refractivity contribution is 7.90. The number of halogens is 2. The molecule has 0 aromatic heterocycles. The normalized spacial score (nSPS) is 11.3. The van der Waals surface area contributed by atoms with Crippen molar-refractivity contribution in [1.29, 1.82) is 0 Å². The molecule has 0 bridgehead atoms. The van der Waals surface area contributed by atoms with Crippen LogP contribution in [0.15, 0.2) is 72.8 Å². The zero-order valence-electron chi connectivity index (χ0n) is 17.8. The quantitative estimate of drug-likeness (QED) is 0.485. The molecule has 1 amide bonds. The maximum atomic E-state index is 14.4. The molecule has 0 heterocycles. The molecule has 0 fully saturated rings. The van der Waals surface area contributed by atoms with E-state index in [2.05, 4.69) is 5.32 Å². The van der Waals surface area contributed by atoms with Gasteiger partial charge in [0.25, 0.3) is 0 Å². The zero-order valence-corrected chi connectivity index (χ0v) is 19.4. The van der Waals surface area contributed by atoms with Crippen LogP contribution < -0.4 is 9.62 Å². The Morgan fingerprint density at radius 1 is 0.970 bits per heavy atom. The fourth-order valence-corrected chi connectivity index (χ4v) is 4.26. The molecule has 0 aliphatic rings. The van der Waals surface area contributed by atoms with E-state index in [1.165, 1.54) is 50.5 Å². The first-order valence-corrected chi connectivity index (χ1v) is 11.5. The van der Waals surface area contributed by atoms with Crippen molar-refractivity contribution >= 4 is 44.9 Å². The van der Waals surface area contributed by atoms with Crippen molar-refractivity contribution in [3.8, 4) is 0 Å². The van der Waals surface area contributed by atoms with E-state index in [9.17, 15) is 22.4 Å². The van der Waals surface area contributed by atoms with Gasteiger partial charge in [-0.15, -0.1) is 0 Å². The number of nitrogens with zero attached hydrogens (tertiary/aromatic N) is 2. The Balaban J connectivity index is 1.93. The summed E-state index contributed by atoms with van der Waals surface area (Å²) in [7, 11) is -1.65. The number of hydrogen-bond donors (Lipinski definition) is 1. The second-order valence-corrected chi connectivity index (χ2v) is 9.68. The van der Waals surface area contributed by atoms with E-state index >= 15 is 0 Å². The minimum absolute atomic E-state index is 0.134. The van der Waals surface area contributed by atoms with Gasteiger partial charge >= 0.3 is 10.2 Å². The Kier molecular flexibility index (Phi) is 7.47. The van der Waals surface area contributed by atoms with Gasteiger partial charge in [-0.2, -0.15) is 12.7 Å². The molecule has 0 saturated carbocycles. The van der Waals surface area contributed by atoms with Crippen LogP contribution in [-0.2, 0) is 15.0 Å². The van der Waals surface area contributed by atoms with E-state index in [0.29, 0.717) is 9.87 Å². The Morgan fingerprint density at radius 2 is 1.61 bits per heavy atom. The Bertz CT molecular complexity index is 1280. The number of hydrogen-bond acceptors (Lipinski definition) is 4. The molecule has 33 heavy (non-hydrogen) atoms. The summed E-state index contributed by atoms with van der Waals surface area (Å²) in [6.07, 6.45) is 0. The Labute approximate surface area is 196 Å². The van der Waals surface area contributed by atoms with Gasteiger partial charge in [0.05, 0.1) is 11.4 Å². The van der Waals surface area contributed by atoms with E-state index < -0.39 is 28.5 Å². The molecule has 0 aliphatic carbocycles. The molecule has 0 atom stereocenters. The third-order valence-electron chi connectivity index (χ3n) is 4.68. The van der Waals surface area contributed by atoms with Gasteiger partial charge in [-0.25, -0.2) is 8.70 Å². The number of carbonyl (C=O) groups is 2. The van der Waals surface area contributed by atoms with Crippen molar-refractivity contribution in [2.24, 2.45) is 0 Å². The molecule has 0 spiro atoms. The van der Waals surface area contributed by atoms with Crippen LogP contribution in [0.5, 0.6) is 0 Å². The highest BCUT2D eigenvalue weighted by Crippen LogP contribution is 2.26. The predicted octanol–water partition coefficient (Wildman–Crippen LogP) is 3.96. The van der Waals surface area contributed by atoms with Crippen LogP contribution in [0, 0.1) is 5.82 Å². The van der Waals surface area contributed by atoms with E-state index in [-0.39, 0.29) is 27.7 Å². The number of nitrogens with one attached hydrogen (secondary N) is 1. The summed E-state index contributed by atoms with van der Waals surface area (Å²) in [6, 6.07) is 18.0. The van der Waals surface area contributed by atoms with Crippen molar-refractivity contribution in [3.05, 3.63) is 94.8 Å². The van der Waals surface area contributed by atoms with Crippen molar-refractivity contribution in [2.45, 2.75) is 0 Å². The molecular weight excluding hydrogens is 469 g/mol. The van der Waals surface area contributed by atoms with Crippen molar-refractivity contribution in [2.75, 3.05) is 30.3 Å². The van der Waals surface area contributed by atoms with Crippen LogP contribution in [0.4, 0.5) is 15.8 Å². The summed E-state index contributed by atoms with van der Waals surface area (Å²) in [5.74, 6) is -1.95. The van der Waals surface area contributed by atoms with E-state index in [0.717, 1.165) is 10.4 Å². The minimum Gasteiger partial charge on any atom is -0.324 e. The number of carbonyl (C=O) groups excluding carboxylic acids is 2. The predicted molar refractivity (Wildman–Crippen MR) is 126 cm³/mol. The Hall–Kier alpha value is -3.27. The summed E-state index contributed by atoms with van der Waals surface area (Å²) in [5, 5.41) is 2.84. The average molecular weight is 490 g/mol. The first kappa shape index (κ1) is 24.4. The molecule has 10 heteroatoms. The summed E-state index contributed by atoms with van der Waals surface area (Å²) in [4.78, 5) is 25.8. The smallest absolute Gasteiger partial charge is 0.304 e. The van der Waals surface area contributed by atoms with Crippen LogP contribution in [0.3, 0.4) is 0 Å². The topological polar surface area (TPSA) is 86.8 Å². The van der Waals surface area contributed by atoms with Gasteiger partial charge in [-0.3, -0.25) is 9.59 Å². The molecular formula is C23H21ClFN3O4S. The van der Waals surface area contributed by atoms with Crippen LogP contribution in [0.2, 0.25) is 5.02 Å². The van der Waals surface area contributed by atoms with Gasteiger partial charge in [-0.05, 0) is 30.3 Å². The van der Waals surface area contributed by atoms with Crippen molar-refractivity contribution in [3.63, 3.8) is 0 Å². The first-order valence-electron chi connectivity index (χ1n) is 9.75. The second kappa shape index (κ2) is 10.1. The zero-order chi connectivity index (χ0) is 24.2. The third kappa shape index (κ3) is 5.57. The van der Waals surface area contributed by atoms with Gasteiger partial charge in [0.2, 0.25) is 5.91 Å². The number of benzene rings is 3. The highest BCUT2D eigenvalue weighted by Gasteiger charge is 2.29. The number of rotatable bonds is 8. The molecule has 1 N–H and O–H groups in total. The van der Waals surface area contributed by atoms with E-state index in [4.69, 9.17) is 11.6 Å². The maximum Gasteiger partial charge on any atom is 0.304 e. The lowest BCUT2D eigenvalue weighted by atomic mass is 10.0. The molecule has 172 valence electrons. The maximum absolute atomic E-state index is 14.4. The number of ketones is 1. The lowest BCUT2D eigenvalue weighted by Gasteiger charge is -2.27. The summed E-state index contributed by atoms with van der Waals surface area (Å²) in [6.45, 7) is -0.719. The standard InChI is InChI=1S/C23H21ClFN3O4S/c1-27(2)33(31,32)28(21-11-7-6-10-19(21)25)15-22(29)26-20-13-12-17(24)14-18(20)23(30)16-8-4-3-5-9-16/h3-14H,15H2,1-2H3,(H,26,29). The molecule has 7 nitrogen and oxygen atoms in total. The monoisotopic (exact) mass is 489 g/mol. The van der Waals surface area contributed by atoms with Crippen molar-refractivity contribution < 1.29 is 22.4 Å². The minimum atomic E-state index is -4.20. The van der Waals surface area contributed by atoms with E-state index in [1.54, 1.807) is 30.3 Å². The first-order chi connectivity index (χ1) is 15.6. The van der Waals surface area contributed by atoms with Crippen LogP contribution >= 0.6 is 11.6 Å². The molecule has 0 aliphatic heterocycles. The van der Waals surface area contributed by atoms with Crippen LogP contribution in [-0.4, -0.2) is 45.1 Å². The number of para-hydroxylation sites is 1. The highest BCUT2D eigenvalue weighted by atomic mass is 35.5. The third-order valence-corrected chi connectivity index (χ3v) is 6.73. The molecule has 3 aromatic rings. The fraction of sp³-hybridized carbons (Fsp3) is 0.130. The number of amides is 1. The molecule has 3 rings (SSSR count).